The normalized spacial score (nSPS) is 10.5. The van der Waals surface area contributed by atoms with Crippen LogP contribution < -0.4 is 5.56 Å². The first-order valence-electron chi connectivity index (χ1n) is 6.15. The lowest BCUT2D eigenvalue weighted by molar-refractivity contribution is 0.454. The molecule has 3 aromatic rings. The van der Waals surface area contributed by atoms with Crippen molar-refractivity contribution in [3.63, 3.8) is 0 Å². The van der Waals surface area contributed by atoms with Crippen LogP contribution in [0, 0.1) is 0 Å². The quantitative estimate of drug-likeness (QED) is 0.749. The van der Waals surface area contributed by atoms with Crippen molar-refractivity contribution in [3.05, 3.63) is 63.6 Å². The van der Waals surface area contributed by atoms with Crippen LogP contribution in [-0.4, -0.2) is 20.1 Å². The molecule has 21 heavy (non-hydrogen) atoms. The van der Waals surface area contributed by atoms with Gasteiger partial charge < -0.3 is 10.1 Å². The lowest BCUT2D eigenvalue weighted by Gasteiger charge is -2.06. The summed E-state index contributed by atoms with van der Waals surface area (Å²) in [6.45, 7) is 0. The molecule has 6 heteroatoms. The van der Waals surface area contributed by atoms with Crippen LogP contribution >= 0.6 is 15.9 Å². The van der Waals surface area contributed by atoms with Crippen LogP contribution in [0.2, 0.25) is 0 Å². The second kappa shape index (κ2) is 5.49. The van der Waals surface area contributed by atoms with E-state index in [2.05, 4.69) is 30.9 Å². The molecule has 0 aliphatic heterocycles. The zero-order valence-corrected chi connectivity index (χ0v) is 12.3. The molecule has 0 atom stereocenters. The second-order valence-corrected chi connectivity index (χ2v) is 5.27. The molecule has 2 heterocycles. The van der Waals surface area contributed by atoms with E-state index in [1.54, 1.807) is 48.8 Å². The van der Waals surface area contributed by atoms with Crippen molar-refractivity contribution in [3.8, 4) is 28.4 Å². The van der Waals surface area contributed by atoms with Gasteiger partial charge in [-0.25, -0.2) is 0 Å². The molecular weight excluding hydrogens is 334 g/mol. The SMILES string of the molecule is O=c1[nH]c(-c2ccncc2)nc(O)c1-c1ccc(Br)cc1. The largest absolute Gasteiger partial charge is 0.493 e. The molecule has 2 aromatic heterocycles. The highest BCUT2D eigenvalue weighted by molar-refractivity contribution is 9.10. The summed E-state index contributed by atoms with van der Waals surface area (Å²) in [6, 6.07) is 10.5. The van der Waals surface area contributed by atoms with Crippen molar-refractivity contribution in [2.45, 2.75) is 0 Å². The molecular formula is C15H10BrN3O2. The summed E-state index contributed by atoms with van der Waals surface area (Å²) in [7, 11) is 0. The van der Waals surface area contributed by atoms with Gasteiger partial charge in [0.15, 0.2) is 0 Å². The maximum atomic E-state index is 12.2. The average Bonchev–Trinajstić information content (AvgIpc) is 2.49. The third-order valence-corrected chi connectivity index (χ3v) is 3.52. The summed E-state index contributed by atoms with van der Waals surface area (Å²) in [5.74, 6) is 0.00801. The molecule has 5 nitrogen and oxygen atoms in total. The van der Waals surface area contributed by atoms with Gasteiger partial charge in [-0.05, 0) is 29.8 Å². The number of halogens is 1. The molecule has 0 saturated carbocycles. The van der Waals surface area contributed by atoms with Crippen molar-refractivity contribution < 1.29 is 5.11 Å². The molecule has 0 spiro atoms. The molecule has 0 saturated heterocycles. The van der Waals surface area contributed by atoms with Crippen LogP contribution in [0.1, 0.15) is 0 Å². The Morgan fingerprint density at radius 1 is 1.00 bits per heavy atom. The summed E-state index contributed by atoms with van der Waals surface area (Å²) in [5.41, 5.74) is 1.04. The Balaban J connectivity index is 2.13. The molecule has 0 amide bonds. The smallest absolute Gasteiger partial charge is 0.262 e. The first kappa shape index (κ1) is 13.5. The number of aromatic amines is 1. The highest BCUT2D eigenvalue weighted by Gasteiger charge is 2.13. The molecule has 0 radical (unpaired) electrons. The highest BCUT2D eigenvalue weighted by atomic mass is 79.9. The number of aromatic hydroxyl groups is 1. The van der Waals surface area contributed by atoms with Crippen molar-refractivity contribution in [1.29, 1.82) is 0 Å². The maximum Gasteiger partial charge on any atom is 0.262 e. The van der Waals surface area contributed by atoms with Crippen molar-refractivity contribution in [2.24, 2.45) is 0 Å². The second-order valence-electron chi connectivity index (χ2n) is 4.36. The first-order valence-corrected chi connectivity index (χ1v) is 6.94. The van der Waals surface area contributed by atoms with E-state index in [1.165, 1.54) is 0 Å². The number of hydrogen-bond acceptors (Lipinski definition) is 4. The summed E-state index contributed by atoms with van der Waals surface area (Å²) >= 11 is 3.33. The fourth-order valence-electron chi connectivity index (χ4n) is 1.98. The Morgan fingerprint density at radius 3 is 2.29 bits per heavy atom. The predicted molar refractivity (Wildman–Crippen MR) is 82.9 cm³/mol. The van der Waals surface area contributed by atoms with Gasteiger partial charge in [-0.2, -0.15) is 4.98 Å². The third-order valence-electron chi connectivity index (χ3n) is 2.99. The maximum absolute atomic E-state index is 12.2. The number of benzene rings is 1. The molecule has 104 valence electrons. The Bertz CT molecular complexity index is 830. The van der Waals surface area contributed by atoms with Gasteiger partial charge in [-0.15, -0.1) is 0 Å². The van der Waals surface area contributed by atoms with Gasteiger partial charge in [0.2, 0.25) is 5.88 Å². The van der Waals surface area contributed by atoms with E-state index in [0.717, 1.165) is 4.47 Å². The lowest BCUT2D eigenvalue weighted by Crippen LogP contribution is -2.12. The average molecular weight is 344 g/mol. The van der Waals surface area contributed by atoms with Gasteiger partial charge in [-0.1, -0.05) is 28.1 Å². The summed E-state index contributed by atoms with van der Waals surface area (Å²) in [5, 5.41) is 10.1. The molecule has 3 rings (SSSR count). The number of H-pyrrole nitrogens is 1. The Hall–Kier alpha value is -2.47. The van der Waals surface area contributed by atoms with Crippen molar-refractivity contribution >= 4 is 15.9 Å². The monoisotopic (exact) mass is 343 g/mol. The minimum atomic E-state index is -0.392. The molecule has 0 bridgehead atoms. The van der Waals surface area contributed by atoms with Gasteiger partial charge in [0.1, 0.15) is 11.4 Å². The van der Waals surface area contributed by atoms with Gasteiger partial charge in [0.05, 0.1) is 0 Å². The van der Waals surface area contributed by atoms with E-state index in [1.807, 2.05) is 0 Å². The Labute approximate surface area is 128 Å². The highest BCUT2D eigenvalue weighted by Crippen LogP contribution is 2.26. The topological polar surface area (TPSA) is 78.9 Å². The molecule has 2 N–H and O–H groups in total. The number of rotatable bonds is 2. The van der Waals surface area contributed by atoms with E-state index < -0.39 is 5.56 Å². The molecule has 0 aliphatic carbocycles. The molecule has 1 aromatic carbocycles. The minimum Gasteiger partial charge on any atom is -0.493 e. The third kappa shape index (κ3) is 2.71. The fraction of sp³-hybridized carbons (Fsp3) is 0. The Kier molecular flexibility index (Phi) is 3.53. The van der Waals surface area contributed by atoms with Gasteiger partial charge in [-0.3, -0.25) is 9.78 Å². The fourth-order valence-corrected chi connectivity index (χ4v) is 2.25. The van der Waals surface area contributed by atoms with Crippen LogP contribution in [0.4, 0.5) is 0 Å². The number of nitrogens with one attached hydrogen (secondary N) is 1. The van der Waals surface area contributed by atoms with E-state index in [9.17, 15) is 9.90 Å². The van der Waals surface area contributed by atoms with Crippen molar-refractivity contribution in [2.75, 3.05) is 0 Å². The summed E-state index contributed by atoms with van der Waals surface area (Å²) in [4.78, 5) is 22.9. The van der Waals surface area contributed by atoms with Crippen LogP contribution in [0.15, 0.2) is 58.1 Å². The number of pyridine rings is 1. The van der Waals surface area contributed by atoms with Crippen LogP contribution in [0.3, 0.4) is 0 Å². The predicted octanol–water partition coefficient (Wildman–Crippen LogP) is 2.97. The van der Waals surface area contributed by atoms with E-state index in [0.29, 0.717) is 17.0 Å². The summed E-state index contributed by atoms with van der Waals surface area (Å²) in [6.07, 6.45) is 3.18. The van der Waals surface area contributed by atoms with E-state index in [-0.39, 0.29) is 11.4 Å². The molecule has 0 unspecified atom stereocenters. The standard InChI is InChI=1S/C15H10BrN3O2/c16-11-3-1-9(2-4-11)12-14(20)18-13(19-15(12)21)10-5-7-17-8-6-10/h1-8H,(H2,18,19,20,21). The van der Waals surface area contributed by atoms with Crippen LogP contribution in [0.25, 0.3) is 22.5 Å². The number of hydrogen-bond donors (Lipinski definition) is 2. The minimum absolute atomic E-state index is 0.153. The molecule has 0 aliphatic rings. The van der Waals surface area contributed by atoms with Gasteiger partial charge in [0.25, 0.3) is 5.56 Å². The van der Waals surface area contributed by atoms with Crippen LogP contribution in [0.5, 0.6) is 5.88 Å². The zero-order chi connectivity index (χ0) is 14.8. The lowest BCUT2D eigenvalue weighted by atomic mass is 10.1. The first-order chi connectivity index (χ1) is 10.1. The Morgan fingerprint density at radius 2 is 1.67 bits per heavy atom. The van der Waals surface area contributed by atoms with Gasteiger partial charge in [0, 0.05) is 22.4 Å². The van der Waals surface area contributed by atoms with Crippen LogP contribution in [-0.2, 0) is 0 Å². The summed E-state index contributed by atoms with van der Waals surface area (Å²) < 4.78 is 0.892. The zero-order valence-electron chi connectivity index (χ0n) is 10.7. The number of nitrogens with zero attached hydrogens (tertiary/aromatic N) is 2. The van der Waals surface area contributed by atoms with Gasteiger partial charge >= 0.3 is 0 Å². The van der Waals surface area contributed by atoms with E-state index >= 15 is 0 Å². The number of aromatic nitrogens is 3. The molecule has 0 fully saturated rings. The van der Waals surface area contributed by atoms with Crippen molar-refractivity contribution in [1.82, 2.24) is 15.0 Å². The van der Waals surface area contributed by atoms with E-state index in [4.69, 9.17) is 0 Å².